The van der Waals surface area contributed by atoms with E-state index in [2.05, 4.69) is 0 Å². The molecule has 0 atom stereocenters. The second-order valence-corrected chi connectivity index (χ2v) is 3.62. The normalized spacial score (nSPS) is 14.9. The van der Waals surface area contributed by atoms with Crippen molar-refractivity contribution < 1.29 is 14.6 Å². The molecule has 0 unspecified atom stereocenters. The van der Waals surface area contributed by atoms with Crippen molar-refractivity contribution in [2.24, 2.45) is 0 Å². The number of fused-ring (bicyclic) bond motifs is 1. The number of hydrogen-bond acceptors (Lipinski definition) is 3. The molecule has 1 aliphatic rings. The zero-order chi connectivity index (χ0) is 10.8. The number of ether oxygens (including phenoxy) is 1. The minimum Gasteiger partial charge on any atom is -0.492 e. The maximum Gasteiger partial charge on any atom is 0.339 e. The number of anilines is 1. The zero-order valence-electron chi connectivity index (χ0n) is 8.32. The highest BCUT2D eigenvalue weighted by Crippen LogP contribution is 2.32. The predicted octanol–water partition coefficient (Wildman–Crippen LogP) is 1.68. The summed E-state index contributed by atoms with van der Waals surface area (Å²) in [7, 11) is 0. The molecule has 0 spiro atoms. The van der Waals surface area contributed by atoms with Crippen LogP contribution in [0.4, 0.5) is 5.69 Å². The van der Waals surface area contributed by atoms with Gasteiger partial charge in [0.25, 0.3) is 0 Å². The Balaban J connectivity index is 2.56. The lowest BCUT2D eigenvalue weighted by molar-refractivity contribution is 0.0692. The number of carbonyl (C=O) groups is 1. The summed E-state index contributed by atoms with van der Waals surface area (Å²) in [6.45, 7) is 0.566. The zero-order valence-corrected chi connectivity index (χ0v) is 8.32. The van der Waals surface area contributed by atoms with E-state index in [0.717, 1.165) is 24.8 Å². The number of nitrogen functional groups attached to an aromatic ring is 1. The van der Waals surface area contributed by atoms with Crippen molar-refractivity contribution in [3.63, 3.8) is 0 Å². The number of nitrogens with two attached hydrogens (primary N) is 1. The Bertz CT molecular complexity index is 401. The SMILES string of the molecule is Nc1ccc(C(=O)O)c2c1CCCCO2. The van der Waals surface area contributed by atoms with Crippen LogP contribution in [0.2, 0.25) is 0 Å². The quantitative estimate of drug-likeness (QED) is 0.687. The molecule has 80 valence electrons. The van der Waals surface area contributed by atoms with Crippen LogP contribution in [0.25, 0.3) is 0 Å². The Labute approximate surface area is 87.7 Å². The van der Waals surface area contributed by atoms with E-state index in [9.17, 15) is 4.79 Å². The first-order valence-electron chi connectivity index (χ1n) is 4.97. The molecule has 0 aromatic heterocycles. The van der Waals surface area contributed by atoms with E-state index in [1.807, 2.05) is 0 Å². The van der Waals surface area contributed by atoms with E-state index < -0.39 is 5.97 Å². The van der Waals surface area contributed by atoms with Crippen LogP contribution in [0.5, 0.6) is 5.75 Å². The molecule has 4 heteroatoms. The first-order chi connectivity index (χ1) is 7.20. The summed E-state index contributed by atoms with van der Waals surface area (Å²) in [6.07, 6.45) is 2.72. The number of aromatic carboxylic acids is 1. The van der Waals surface area contributed by atoms with Crippen molar-refractivity contribution in [1.82, 2.24) is 0 Å². The molecule has 15 heavy (non-hydrogen) atoms. The second-order valence-electron chi connectivity index (χ2n) is 3.62. The molecule has 0 amide bonds. The van der Waals surface area contributed by atoms with E-state index in [1.54, 1.807) is 6.07 Å². The van der Waals surface area contributed by atoms with Crippen molar-refractivity contribution >= 4 is 11.7 Å². The van der Waals surface area contributed by atoms with Crippen molar-refractivity contribution in [2.75, 3.05) is 12.3 Å². The number of benzene rings is 1. The molecule has 1 aromatic carbocycles. The second kappa shape index (κ2) is 3.81. The summed E-state index contributed by atoms with van der Waals surface area (Å²) in [5.41, 5.74) is 7.48. The van der Waals surface area contributed by atoms with E-state index >= 15 is 0 Å². The largest absolute Gasteiger partial charge is 0.492 e. The molecule has 2 rings (SSSR count). The number of rotatable bonds is 1. The minimum atomic E-state index is -0.965. The van der Waals surface area contributed by atoms with Crippen LogP contribution in [0.1, 0.15) is 28.8 Å². The molecule has 0 saturated heterocycles. The summed E-state index contributed by atoms with van der Waals surface area (Å²) < 4.78 is 5.46. The van der Waals surface area contributed by atoms with Crippen molar-refractivity contribution in [3.05, 3.63) is 23.3 Å². The summed E-state index contributed by atoms with van der Waals surface area (Å²) in [5, 5.41) is 9.00. The molecule has 0 aliphatic carbocycles. The number of carboxylic acid groups (broad SMARTS) is 1. The molecule has 3 N–H and O–H groups in total. The van der Waals surface area contributed by atoms with Gasteiger partial charge in [-0.2, -0.15) is 0 Å². The Morgan fingerprint density at radius 1 is 1.40 bits per heavy atom. The van der Waals surface area contributed by atoms with Gasteiger partial charge in [0.2, 0.25) is 0 Å². The molecule has 1 aliphatic heterocycles. The van der Waals surface area contributed by atoms with Gasteiger partial charge in [0.15, 0.2) is 0 Å². The molecule has 0 saturated carbocycles. The Morgan fingerprint density at radius 2 is 2.20 bits per heavy atom. The van der Waals surface area contributed by atoms with E-state index in [1.165, 1.54) is 6.07 Å². The first kappa shape index (κ1) is 9.83. The fraction of sp³-hybridized carbons (Fsp3) is 0.364. The van der Waals surface area contributed by atoms with Gasteiger partial charge in [-0.15, -0.1) is 0 Å². The fourth-order valence-corrected chi connectivity index (χ4v) is 1.81. The van der Waals surface area contributed by atoms with Gasteiger partial charge < -0.3 is 15.6 Å². The topological polar surface area (TPSA) is 72.6 Å². The molecule has 1 heterocycles. The highest BCUT2D eigenvalue weighted by Gasteiger charge is 2.19. The van der Waals surface area contributed by atoms with Gasteiger partial charge in [-0.3, -0.25) is 0 Å². The van der Waals surface area contributed by atoms with E-state index in [0.29, 0.717) is 18.0 Å². The van der Waals surface area contributed by atoms with Crippen molar-refractivity contribution in [1.29, 1.82) is 0 Å². The van der Waals surface area contributed by atoms with Crippen LogP contribution in [-0.4, -0.2) is 17.7 Å². The van der Waals surface area contributed by atoms with Gasteiger partial charge in [0.05, 0.1) is 6.61 Å². The molecule has 0 radical (unpaired) electrons. The third-order valence-corrected chi connectivity index (χ3v) is 2.59. The van der Waals surface area contributed by atoms with Gasteiger partial charge >= 0.3 is 5.97 Å². The number of hydrogen-bond donors (Lipinski definition) is 2. The summed E-state index contributed by atoms with van der Waals surface area (Å²) >= 11 is 0. The molecule has 4 nitrogen and oxygen atoms in total. The first-order valence-corrected chi connectivity index (χ1v) is 4.97. The van der Waals surface area contributed by atoms with Crippen LogP contribution < -0.4 is 10.5 Å². The lowest BCUT2D eigenvalue weighted by atomic mass is 10.0. The number of carboxylic acids is 1. The Hall–Kier alpha value is -1.71. The smallest absolute Gasteiger partial charge is 0.339 e. The van der Waals surface area contributed by atoms with Gasteiger partial charge in [-0.25, -0.2) is 4.79 Å². The maximum atomic E-state index is 11.0. The minimum absolute atomic E-state index is 0.209. The van der Waals surface area contributed by atoms with Gasteiger partial charge in [0, 0.05) is 11.3 Å². The molecule has 1 aromatic rings. The average molecular weight is 207 g/mol. The molecule has 0 fully saturated rings. The lowest BCUT2D eigenvalue weighted by Crippen LogP contribution is -2.06. The van der Waals surface area contributed by atoms with Crippen molar-refractivity contribution in [2.45, 2.75) is 19.3 Å². The summed E-state index contributed by atoms with van der Waals surface area (Å²) in [6, 6.07) is 3.14. The van der Waals surface area contributed by atoms with E-state index in [4.69, 9.17) is 15.6 Å². The average Bonchev–Trinajstić information content (AvgIpc) is 2.43. The Kier molecular flexibility index (Phi) is 2.49. The van der Waals surface area contributed by atoms with Gasteiger partial charge in [-0.1, -0.05) is 0 Å². The maximum absolute atomic E-state index is 11.0. The van der Waals surface area contributed by atoms with E-state index in [-0.39, 0.29) is 5.56 Å². The fourth-order valence-electron chi connectivity index (χ4n) is 1.81. The lowest BCUT2D eigenvalue weighted by Gasteiger charge is -2.12. The third-order valence-electron chi connectivity index (χ3n) is 2.59. The van der Waals surface area contributed by atoms with Crippen molar-refractivity contribution in [3.8, 4) is 5.75 Å². The molecular weight excluding hydrogens is 194 g/mol. The van der Waals surface area contributed by atoms with Gasteiger partial charge in [-0.05, 0) is 31.4 Å². The van der Waals surface area contributed by atoms with Gasteiger partial charge in [0.1, 0.15) is 11.3 Å². The van der Waals surface area contributed by atoms with Crippen LogP contribution in [-0.2, 0) is 6.42 Å². The van der Waals surface area contributed by atoms with Crippen LogP contribution in [0.3, 0.4) is 0 Å². The van der Waals surface area contributed by atoms with Crippen LogP contribution in [0, 0.1) is 0 Å². The molecule has 0 bridgehead atoms. The summed E-state index contributed by atoms with van der Waals surface area (Å²) in [5.74, 6) is -0.506. The highest BCUT2D eigenvalue weighted by atomic mass is 16.5. The highest BCUT2D eigenvalue weighted by molar-refractivity contribution is 5.92. The Morgan fingerprint density at radius 3 is 2.93 bits per heavy atom. The third kappa shape index (κ3) is 1.75. The van der Waals surface area contributed by atoms with Crippen LogP contribution in [0.15, 0.2) is 12.1 Å². The predicted molar refractivity (Wildman–Crippen MR) is 56.2 cm³/mol. The standard InChI is InChI=1S/C11H13NO3/c12-9-5-4-8(11(13)14)10-7(9)3-1-2-6-15-10/h4-5H,1-3,6,12H2,(H,13,14). The van der Waals surface area contributed by atoms with Crippen LogP contribution >= 0.6 is 0 Å². The molecular formula is C11H13NO3. The monoisotopic (exact) mass is 207 g/mol. The summed E-state index contributed by atoms with van der Waals surface area (Å²) in [4.78, 5) is 11.0.